The molecule has 2 aliphatic heterocycles. The van der Waals surface area contributed by atoms with Crippen LogP contribution in [0, 0.1) is 0 Å². The molecule has 0 aromatic heterocycles. The van der Waals surface area contributed by atoms with Crippen LogP contribution in [0.25, 0.3) is 0 Å². The summed E-state index contributed by atoms with van der Waals surface area (Å²) in [6.45, 7) is 4.47. The topological polar surface area (TPSA) is 21.3 Å². The molecule has 0 amide bonds. The molecule has 0 bridgehead atoms. The molecule has 0 radical (unpaired) electrons. The van der Waals surface area contributed by atoms with Crippen LogP contribution in [0.1, 0.15) is 36.8 Å². The number of piperidine rings is 1. The van der Waals surface area contributed by atoms with Crippen LogP contribution < -0.4 is 10.1 Å². The van der Waals surface area contributed by atoms with E-state index >= 15 is 0 Å². The zero-order chi connectivity index (χ0) is 11.0. The van der Waals surface area contributed by atoms with Crippen LogP contribution in [0.2, 0.25) is 0 Å². The van der Waals surface area contributed by atoms with E-state index in [1.54, 1.807) is 0 Å². The largest absolute Gasteiger partial charge is 0.490 e. The van der Waals surface area contributed by atoms with Gasteiger partial charge in [-0.05, 0) is 56.0 Å². The first-order chi connectivity index (χ1) is 7.83. The highest BCUT2D eigenvalue weighted by Crippen LogP contribution is 2.33. The van der Waals surface area contributed by atoms with E-state index in [-0.39, 0.29) is 0 Å². The van der Waals surface area contributed by atoms with E-state index in [1.165, 1.54) is 24.0 Å². The molecule has 0 saturated carbocycles. The molecular weight excluding hydrogens is 198 g/mol. The standard InChI is InChI=1S/C14H19NO/c1-10-8-13-9-12(2-3-14(13)16-10)11-4-6-15-7-5-11/h2-3,9-11,15H,4-8H2,1H3. The minimum absolute atomic E-state index is 0.360. The summed E-state index contributed by atoms with van der Waals surface area (Å²) in [6, 6.07) is 6.79. The van der Waals surface area contributed by atoms with Crippen molar-refractivity contribution < 1.29 is 4.74 Å². The van der Waals surface area contributed by atoms with Crippen molar-refractivity contribution in [1.29, 1.82) is 0 Å². The molecule has 1 saturated heterocycles. The van der Waals surface area contributed by atoms with Crippen molar-refractivity contribution in [2.45, 2.75) is 38.2 Å². The van der Waals surface area contributed by atoms with Crippen molar-refractivity contribution in [2.75, 3.05) is 13.1 Å². The van der Waals surface area contributed by atoms with Gasteiger partial charge in [-0.1, -0.05) is 12.1 Å². The third-order valence-corrected chi connectivity index (χ3v) is 3.73. The van der Waals surface area contributed by atoms with Gasteiger partial charge in [0.2, 0.25) is 0 Å². The van der Waals surface area contributed by atoms with Gasteiger partial charge in [0, 0.05) is 6.42 Å². The maximum Gasteiger partial charge on any atom is 0.123 e. The summed E-state index contributed by atoms with van der Waals surface area (Å²) in [5.41, 5.74) is 2.92. The first kappa shape index (κ1) is 10.2. The van der Waals surface area contributed by atoms with Crippen molar-refractivity contribution in [3.05, 3.63) is 29.3 Å². The Hall–Kier alpha value is -1.02. The van der Waals surface area contributed by atoms with Gasteiger partial charge in [-0.25, -0.2) is 0 Å². The number of nitrogens with one attached hydrogen (secondary N) is 1. The maximum absolute atomic E-state index is 5.74. The minimum Gasteiger partial charge on any atom is -0.490 e. The third kappa shape index (κ3) is 1.82. The molecule has 1 atom stereocenters. The zero-order valence-corrected chi connectivity index (χ0v) is 9.83. The number of hydrogen-bond donors (Lipinski definition) is 1. The molecule has 2 heteroatoms. The summed E-state index contributed by atoms with van der Waals surface area (Å²) in [6.07, 6.45) is 3.98. The van der Waals surface area contributed by atoms with Gasteiger partial charge in [0.15, 0.2) is 0 Å². The smallest absolute Gasteiger partial charge is 0.123 e. The Morgan fingerprint density at radius 2 is 2.06 bits per heavy atom. The van der Waals surface area contributed by atoms with Gasteiger partial charge in [-0.3, -0.25) is 0 Å². The molecule has 1 aromatic rings. The molecule has 2 heterocycles. The van der Waals surface area contributed by atoms with Crippen LogP contribution in [0.15, 0.2) is 18.2 Å². The number of hydrogen-bond acceptors (Lipinski definition) is 2. The molecule has 1 N–H and O–H groups in total. The third-order valence-electron chi connectivity index (χ3n) is 3.73. The molecule has 0 spiro atoms. The summed E-state index contributed by atoms with van der Waals surface area (Å²) in [4.78, 5) is 0. The van der Waals surface area contributed by atoms with Crippen molar-refractivity contribution in [1.82, 2.24) is 5.32 Å². The second-order valence-electron chi connectivity index (χ2n) is 5.02. The highest BCUT2D eigenvalue weighted by molar-refractivity contribution is 5.41. The first-order valence-electron chi connectivity index (χ1n) is 6.33. The van der Waals surface area contributed by atoms with E-state index in [9.17, 15) is 0 Å². The Kier molecular flexibility index (Phi) is 2.60. The second kappa shape index (κ2) is 4.10. The Morgan fingerprint density at radius 3 is 2.88 bits per heavy atom. The molecule has 1 unspecified atom stereocenters. The minimum atomic E-state index is 0.360. The van der Waals surface area contributed by atoms with Crippen LogP contribution in [0.4, 0.5) is 0 Å². The molecule has 3 rings (SSSR count). The number of rotatable bonds is 1. The van der Waals surface area contributed by atoms with Gasteiger partial charge >= 0.3 is 0 Å². The molecule has 16 heavy (non-hydrogen) atoms. The van der Waals surface area contributed by atoms with Crippen molar-refractivity contribution in [3.63, 3.8) is 0 Å². The monoisotopic (exact) mass is 217 g/mol. The number of ether oxygens (including phenoxy) is 1. The van der Waals surface area contributed by atoms with E-state index in [4.69, 9.17) is 4.74 Å². The molecule has 1 aromatic carbocycles. The Labute approximate surface area is 97.0 Å². The van der Waals surface area contributed by atoms with E-state index in [1.807, 2.05) is 0 Å². The van der Waals surface area contributed by atoms with Crippen molar-refractivity contribution in [2.24, 2.45) is 0 Å². The van der Waals surface area contributed by atoms with Crippen LogP contribution in [0.5, 0.6) is 5.75 Å². The van der Waals surface area contributed by atoms with Gasteiger partial charge in [0.1, 0.15) is 11.9 Å². The summed E-state index contributed by atoms with van der Waals surface area (Å²) in [5.74, 6) is 1.85. The van der Waals surface area contributed by atoms with Crippen molar-refractivity contribution in [3.8, 4) is 5.75 Å². The Balaban J connectivity index is 1.84. The summed E-state index contributed by atoms with van der Waals surface area (Å²) >= 11 is 0. The van der Waals surface area contributed by atoms with E-state index in [2.05, 4.69) is 30.4 Å². The predicted molar refractivity (Wildman–Crippen MR) is 65.1 cm³/mol. The second-order valence-corrected chi connectivity index (χ2v) is 5.02. The van der Waals surface area contributed by atoms with E-state index in [0.717, 1.165) is 31.2 Å². The van der Waals surface area contributed by atoms with Gasteiger partial charge in [-0.2, -0.15) is 0 Å². The molecule has 1 fully saturated rings. The van der Waals surface area contributed by atoms with Crippen LogP contribution >= 0.6 is 0 Å². The molecule has 86 valence electrons. The molecule has 0 aliphatic carbocycles. The predicted octanol–water partition coefficient (Wildman–Crippen LogP) is 2.48. The van der Waals surface area contributed by atoms with E-state index in [0.29, 0.717) is 6.10 Å². The lowest BCUT2D eigenvalue weighted by molar-refractivity contribution is 0.254. The fourth-order valence-corrected chi connectivity index (χ4v) is 2.85. The Morgan fingerprint density at radius 1 is 1.25 bits per heavy atom. The summed E-state index contributed by atoms with van der Waals surface area (Å²) < 4.78 is 5.74. The first-order valence-corrected chi connectivity index (χ1v) is 6.33. The lowest BCUT2D eigenvalue weighted by Gasteiger charge is -2.23. The lowest BCUT2D eigenvalue weighted by Crippen LogP contribution is -2.26. The fourth-order valence-electron chi connectivity index (χ4n) is 2.85. The van der Waals surface area contributed by atoms with Gasteiger partial charge in [0.05, 0.1) is 0 Å². The van der Waals surface area contributed by atoms with Gasteiger partial charge < -0.3 is 10.1 Å². The quantitative estimate of drug-likeness (QED) is 0.780. The summed E-state index contributed by atoms with van der Waals surface area (Å²) in [7, 11) is 0. The lowest BCUT2D eigenvalue weighted by atomic mass is 9.89. The summed E-state index contributed by atoms with van der Waals surface area (Å²) in [5, 5.41) is 3.42. The average Bonchev–Trinajstić information content (AvgIpc) is 2.69. The Bertz CT molecular complexity index is 382. The van der Waals surface area contributed by atoms with Gasteiger partial charge in [0.25, 0.3) is 0 Å². The molecule has 2 aliphatic rings. The zero-order valence-electron chi connectivity index (χ0n) is 9.83. The fraction of sp³-hybridized carbons (Fsp3) is 0.571. The van der Waals surface area contributed by atoms with Crippen LogP contribution in [0.3, 0.4) is 0 Å². The number of benzene rings is 1. The molecule has 2 nitrogen and oxygen atoms in total. The molecular formula is C14H19NO. The normalized spacial score (nSPS) is 25.2. The van der Waals surface area contributed by atoms with E-state index < -0.39 is 0 Å². The highest BCUT2D eigenvalue weighted by Gasteiger charge is 2.21. The number of fused-ring (bicyclic) bond motifs is 1. The van der Waals surface area contributed by atoms with Gasteiger partial charge in [-0.15, -0.1) is 0 Å². The highest BCUT2D eigenvalue weighted by atomic mass is 16.5. The average molecular weight is 217 g/mol. The van der Waals surface area contributed by atoms with Crippen LogP contribution in [-0.4, -0.2) is 19.2 Å². The van der Waals surface area contributed by atoms with Crippen molar-refractivity contribution >= 4 is 0 Å². The SMILES string of the molecule is CC1Cc2cc(C3CCNCC3)ccc2O1. The maximum atomic E-state index is 5.74. The van der Waals surface area contributed by atoms with Crippen LogP contribution in [-0.2, 0) is 6.42 Å².